The van der Waals surface area contributed by atoms with Crippen molar-refractivity contribution in [1.82, 2.24) is 0 Å². The normalized spacial score (nSPS) is 37.4. The van der Waals surface area contributed by atoms with Gasteiger partial charge in [0.05, 0.1) is 0 Å². The first-order chi connectivity index (χ1) is 13.8. The van der Waals surface area contributed by atoms with Crippen LogP contribution in [-0.4, -0.2) is 0 Å². The standard InChI is InChI=1S/C28H50/c1-3-7-23-11-13-25(14-12-23)9-5-6-10-26-17-21-28(22-18-26)27-19-15-24(8-4-2)16-20-27/h3,7,23-28H,4-6,8-22H2,1-2H3/t23-,24-,25-,26-,27-,28-. The molecule has 0 N–H and O–H groups in total. The van der Waals surface area contributed by atoms with Crippen LogP contribution in [0.2, 0.25) is 0 Å². The molecule has 0 nitrogen and oxygen atoms in total. The third-order valence-electron chi connectivity index (χ3n) is 8.98. The van der Waals surface area contributed by atoms with E-state index in [-0.39, 0.29) is 0 Å². The van der Waals surface area contributed by atoms with Gasteiger partial charge < -0.3 is 0 Å². The average Bonchev–Trinajstić information content (AvgIpc) is 2.74. The SMILES string of the molecule is CC=C[C@H]1CC[C@H](CCCC[C@H]2CC[C@H]([C@H]3CC[C@H](CCC)CC3)CC2)CC1. The minimum atomic E-state index is 0.901. The highest BCUT2D eigenvalue weighted by Gasteiger charge is 2.30. The summed E-state index contributed by atoms with van der Waals surface area (Å²) in [7, 11) is 0. The van der Waals surface area contributed by atoms with Crippen LogP contribution in [-0.2, 0) is 0 Å². The molecule has 0 aromatic carbocycles. The zero-order valence-electron chi connectivity index (χ0n) is 19.3. The molecular weight excluding hydrogens is 336 g/mol. The van der Waals surface area contributed by atoms with Gasteiger partial charge in [0.15, 0.2) is 0 Å². The molecule has 0 heteroatoms. The summed E-state index contributed by atoms with van der Waals surface area (Å²) in [4.78, 5) is 0. The third-order valence-corrected chi connectivity index (χ3v) is 8.98. The van der Waals surface area contributed by atoms with Crippen molar-refractivity contribution in [3.05, 3.63) is 12.2 Å². The summed E-state index contributed by atoms with van der Waals surface area (Å²) in [5.41, 5.74) is 0. The Hall–Kier alpha value is -0.260. The minimum absolute atomic E-state index is 0.901. The second-order valence-electron chi connectivity index (χ2n) is 10.9. The predicted octanol–water partition coefficient (Wildman–Crippen LogP) is 9.34. The molecule has 0 saturated heterocycles. The fraction of sp³-hybridized carbons (Fsp3) is 0.929. The molecule has 0 aromatic heterocycles. The van der Waals surface area contributed by atoms with Crippen molar-refractivity contribution in [2.45, 2.75) is 129 Å². The van der Waals surface area contributed by atoms with Gasteiger partial charge in [-0.3, -0.25) is 0 Å². The topological polar surface area (TPSA) is 0 Å². The van der Waals surface area contributed by atoms with E-state index in [4.69, 9.17) is 0 Å². The Morgan fingerprint density at radius 3 is 1.43 bits per heavy atom. The van der Waals surface area contributed by atoms with Gasteiger partial charge in [-0.1, -0.05) is 83.3 Å². The van der Waals surface area contributed by atoms with Crippen LogP contribution in [0.25, 0.3) is 0 Å². The van der Waals surface area contributed by atoms with Gasteiger partial charge in [0.1, 0.15) is 0 Å². The molecule has 0 spiro atoms. The minimum Gasteiger partial charge on any atom is -0.0914 e. The number of unbranched alkanes of at least 4 members (excludes halogenated alkanes) is 1. The molecule has 0 amide bonds. The Morgan fingerprint density at radius 1 is 0.571 bits per heavy atom. The smallest absolute Gasteiger partial charge is 0.0233 e. The Bertz CT molecular complexity index is 411. The Labute approximate surface area is 177 Å². The maximum absolute atomic E-state index is 2.45. The van der Waals surface area contributed by atoms with Crippen LogP contribution in [0.3, 0.4) is 0 Å². The number of allylic oxidation sites excluding steroid dienone is 2. The molecule has 0 bridgehead atoms. The van der Waals surface area contributed by atoms with E-state index in [1.165, 1.54) is 57.8 Å². The van der Waals surface area contributed by atoms with E-state index >= 15 is 0 Å². The Kier molecular flexibility index (Phi) is 9.96. The van der Waals surface area contributed by atoms with Gasteiger partial charge in [-0.2, -0.15) is 0 Å². The monoisotopic (exact) mass is 386 g/mol. The van der Waals surface area contributed by atoms with Gasteiger partial charge in [0, 0.05) is 0 Å². The molecule has 28 heavy (non-hydrogen) atoms. The molecule has 0 atom stereocenters. The first kappa shape index (κ1) is 22.4. The van der Waals surface area contributed by atoms with Crippen molar-refractivity contribution in [3.8, 4) is 0 Å². The maximum atomic E-state index is 2.45. The molecule has 3 saturated carbocycles. The lowest BCUT2D eigenvalue weighted by atomic mass is 9.68. The van der Waals surface area contributed by atoms with E-state index in [2.05, 4.69) is 26.0 Å². The van der Waals surface area contributed by atoms with E-state index in [1.54, 1.807) is 57.8 Å². The molecule has 0 heterocycles. The Morgan fingerprint density at radius 2 is 1.00 bits per heavy atom. The van der Waals surface area contributed by atoms with Crippen molar-refractivity contribution in [2.24, 2.45) is 35.5 Å². The maximum Gasteiger partial charge on any atom is -0.0233 e. The van der Waals surface area contributed by atoms with Crippen molar-refractivity contribution in [3.63, 3.8) is 0 Å². The molecule has 0 aliphatic heterocycles. The first-order valence-electron chi connectivity index (χ1n) is 13.4. The van der Waals surface area contributed by atoms with E-state index < -0.39 is 0 Å². The number of hydrogen-bond acceptors (Lipinski definition) is 0. The van der Waals surface area contributed by atoms with Crippen molar-refractivity contribution < 1.29 is 0 Å². The van der Waals surface area contributed by atoms with Crippen LogP contribution in [0.15, 0.2) is 12.2 Å². The summed E-state index contributed by atoms with van der Waals surface area (Å²) in [6.07, 6.45) is 32.1. The van der Waals surface area contributed by atoms with Gasteiger partial charge in [-0.15, -0.1) is 0 Å². The van der Waals surface area contributed by atoms with Crippen LogP contribution < -0.4 is 0 Å². The fourth-order valence-corrected chi connectivity index (χ4v) is 7.11. The van der Waals surface area contributed by atoms with Gasteiger partial charge >= 0.3 is 0 Å². The fourth-order valence-electron chi connectivity index (χ4n) is 7.11. The summed E-state index contributed by atoms with van der Waals surface area (Å²) < 4.78 is 0. The lowest BCUT2D eigenvalue weighted by Gasteiger charge is -2.38. The lowest BCUT2D eigenvalue weighted by Crippen LogP contribution is -2.25. The molecule has 3 fully saturated rings. The van der Waals surface area contributed by atoms with Gasteiger partial charge in [-0.05, 0) is 93.8 Å². The quantitative estimate of drug-likeness (QED) is 0.273. The third kappa shape index (κ3) is 7.21. The highest BCUT2D eigenvalue weighted by Crippen LogP contribution is 2.43. The zero-order valence-corrected chi connectivity index (χ0v) is 19.3. The predicted molar refractivity (Wildman–Crippen MR) is 125 cm³/mol. The number of rotatable bonds is 9. The van der Waals surface area contributed by atoms with E-state index in [1.807, 2.05) is 0 Å². The highest BCUT2D eigenvalue weighted by molar-refractivity contribution is 4.88. The van der Waals surface area contributed by atoms with Crippen molar-refractivity contribution >= 4 is 0 Å². The van der Waals surface area contributed by atoms with Crippen LogP contribution >= 0.6 is 0 Å². The zero-order chi connectivity index (χ0) is 19.6. The van der Waals surface area contributed by atoms with Crippen molar-refractivity contribution in [2.75, 3.05) is 0 Å². The lowest BCUT2D eigenvalue weighted by molar-refractivity contribution is 0.140. The van der Waals surface area contributed by atoms with E-state index in [0.717, 1.165) is 35.5 Å². The molecule has 3 aliphatic rings. The molecule has 162 valence electrons. The van der Waals surface area contributed by atoms with Gasteiger partial charge in [0.2, 0.25) is 0 Å². The van der Waals surface area contributed by atoms with Crippen molar-refractivity contribution in [1.29, 1.82) is 0 Å². The molecule has 3 rings (SSSR count). The number of hydrogen-bond donors (Lipinski definition) is 0. The summed E-state index contributed by atoms with van der Waals surface area (Å²) >= 11 is 0. The van der Waals surface area contributed by atoms with Gasteiger partial charge in [-0.25, -0.2) is 0 Å². The van der Waals surface area contributed by atoms with E-state index in [9.17, 15) is 0 Å². The summed E-state index contributed by atoms with van der Waals surface area (Å²) in [6, 6.07) is 0. The average molecular weight is 387 g/mol. The highest BCUT2D eigenvalue weighted by atomic mass is 14.4. The molecule has 0 unspecified atom stereocenters. The Balaban J connectivity index is 1.22. The molecule has 0 radical (unpaired) electrons. The molecule has 0 aromatic rings. The van der Waals surface area contributed by atoms with E-state index in [0.29, 0.717) is 0 Å². The summed E-state index contributed by atoms with van der Waals surface area (Å²) in [5.74, 6) is 6.32. The summed E-state index contributed by atoms with van der Waals surface area (Å²) in [5, 5.41) is 0. The first-order valence-corrected chi connectivity index (χ1v) is 13.4. The molecule has 3 aliphatic carbocycles. The van der Waals surface area contributed by atoms with Crippen LogP contribution in [0.5, 0.6) is 0 Å². The van der Waals surface area contributed by atoms with Crippen LogP contribution in [0, 0.1) is 35.5 Å². The van der Waals surface area contributed by atoms with Crippen LogP contribution in [0.4, 0.5) is 0 Å². The molecular formula is C28H50. The largest absolute Gasteiger partial charge is 0.0914 e. The second-order valence-corrected chi connectivity index (χ2v) is 10.9. The second kappa shape index (κ2) is 12.4. The van der Waals surface area contributed by atoms with Crippen LogP contribution in [0.1, 0.15) is 129 Å². The van der Waals surface area contributed by atoms with Gasteiger partial charge in [0.25, 0.3) is 0 Å². The summed E-state index contributed by atoms with van der Waals surface area (Å²) in [6.45, 7) is 4.54.